The van der Waals surface area contributed by atoms with E-state index >= 15 is 0 Å². The van der Waals surface area contributed by atoms with Gasteiger partial charge in [-0.05, 0) is 136 Å². The van der Waals surface area contributed by atoms with Crippen LogP contribution in [0.15, 0.2) is 44.6 Å². The molecule has 184 valence electrons. The molecule has 0 heterocycles. The second kappa shape index (κ2) is 8.11. The summed E-state index contributed by atoms with van der Waals surface area (Å²) in [6, 6.07) is 0. The summed E-state index contributed by atoms with van der Waals surface area (Å²) in [6.07, 6.45) is 0. The molecule has 0 aliphatic heterocycles. The Morgan fingerprint density at radius 3 is 0.909 bits per heavy atom. The zero-order valence-electron chi connectivity index (χ0n) is 24.3. The molecule has 0 aromatic heterocycles. The maximum absolute atomic E-state index is 2.83. The molecule has 0 saturated heterocycles. The van der Waals surface area contributed by atoms with E-state index in [0.29, 0.717) is 0 Å². The highest BCUT2D eigenvalue weighted by molar-refractivity contribution is 6.80. The average molecular weight is 465 g/mol. The fraction of sp³-hybridized carbons (Fsp3) is 0.750. The number of fused-ring (bicyclic) bond motifs is 2. The fourth-order valence-electron chi connectivity index (χ4n) is 10.2. The Hall–Kier alpha value is -0.823. The molecule has 4 aliphatic rings. The van der Waals surface area contributed by atoms with Crippen molar-refractivity contribution in [3.05, 3.63) is 44.6 Å². The van der Waals surface area contributed by atoms with Gasteiger partial charge in [0.1, 0.15) is 0 Å². The van der Waals surface area contributed by atoms with Crippen molar-refractivity contribution < 1.29 is 0 Å². The van der Waals surface area contributed by atoms with E-state index < -0.39 is 8.07 Å². The zero-order valence-corrected chi connectivity index (χ0v) is 25.3. The summed E-state index contributed by atoms with van der Waals surface area (Å²) in [4.78, 5) is 0. The van der Waals surface area contributed by atoms with Crippen molar-refractivity contribution in [2.75, 3.05) is 0 Å². The van der Waals surface area contributed by atoms with E-state index in [-0.39, 0.29) is 0 Å². The number of rotatable bonds is 2. The minimum atomic E-state index is -1.62. The van der Waals surface area contributed by atoms with E-state index in [1.807, 2.05) is 0 Å². The summed E-state index contributed by atoms with van der Waals surface area (Å²) in [5, 5.41) is 0. The van der Waals surface area contributed by atoms with Gasteiger partial charge >= 0.3 is 0 Å². The average Bonchev–Trinajstić information content (AvgIpc) is 3.19. The Balaban J connectivity index is 1.85. The molecule has 4 rings (SSSR count). The van der Waals surface area contributed by atoms with Crippen molar-refractivity contribution in [2.24, 2.45) is 47.3 Å². The first-order chi connectivity index (χ1) is 15.2. The lowest BCUT2D eigenvalue weighted by Crippen LogP contribution is -2.47. The van der Waals surface area contributed by atoms with Gasteiger partial charge in [0.15, 0.2) is 0 Å². The molecule has 0 amide bonds. The van der Waals surface area contributed by atoms with Crippen LogP contribution in [0.4, 0.5) is 0 Å². The molecule has 0 radical (unpaired) electrons. The van der Waals surface area contributed by atoms with Crippen molar-refractivity contribution >= 4 is 8.07 Å². The van der Waals surface area contributed by atoms with Gasteiger partial charge in [-0.1, -0.05) is 63.1 Å². The van der Waals surface area contributed by atoms with Crippen molar-refractivity contribution in [3.8, 4) is 0 Å². The quantitative estimate of drug-likeness (QED) is 0.357. The first-order valence-electron chi connectivity index (χ1n) is 13.9. The van der Waals surface area contributed by atoms with Crippen LogP contribution in [0.3, 0.4) is 0 Å². The molecule has 0 aromatic carbocycles. The Kier molecular flexibility index (Phi) is 6.21. The highest BCUT2D eigenvalue weighted by Gasteiger charge is 2.62. The SMILES string of the molecule is CC1=C(C)C2C(C)C(C)C([Si](C)(C)C3C(C)C(C)C4C(C)=C(C)C(C)=C(C)C43)C2C(C)=C1C. The van der Waals surface area contributed by atoms with Crippen LogP contribution in [-0.4, -0.2) is 8.07 Å². The molecule has 0 N–H and O–H groups in total. The van der Waals surface area contributed by atoms with Gasteiger partial charge in [0.2, 0.25) is 0 Å². The molecule has 4 aliphatic carbocycles. The van der Waals surface area contributed by atoms with Gasteiger partial charge in [0.05, 0.1) is 8.07 Å². The van der Waals surface area contributed by atoms with Gasteiger partial charge in [0, 0.05) is 0 Å². The highest BCUT2D eigenvalue weighted by Crippen LogP contribution is 2.68. The van der Waals surface area contributed by atoms with Gasteiger partial charge in [0.25, 0.3) is 0 Å². The van der Waals surface area contributed by atoms with E-state index in [1.54, 1.807) is 44.6 Å². The predicted octanol–water partition coefficient (Wildman–Crippen LogP) is 9.84. The largest absolute Gasteiger partial charge is 0.0689 e. The maximum atomic E-state index is 2.83. The first-order valence-corrected chi connectivity index (χ1v) is 17.0. The first kappa shape index (κ1) is 25.3. The maximum Gasteiger partial charge on any atom is 0.0553 e. The minimum Gasteiger partial charge on any atom is -0.0689 e. The van der Waals surface area contributed by atoms with Crippen LogP contribution in [0, 0.1) is 47.3 Å². The summed E-state index contributed by atoms with van der Waals surface area (Å²) in [5.74, 6) is 6.30. The Morgan fingerprint density at radius 1 is 0.394 bits per heavy atom. The highest BCUT2D eigenvalue weighted by atomic mass is 28.3. The van der Waals surface area contributed by atoms with E-state index in [0.717, 1.165) is 58.4 Å². The molecule has 10 unspecified atom stereocenters. The fourth-order valence-corrected chi connectivity index (χ4v) is 16.7. The topological polar surface area (TPSA) is 0 Å². The lowest BCUT2D eigenvalue weighted by molar-refractivity contribution is 0.370. The molecule has 33 heavy (non-hydrogen) atoms. The summed E-state index contributed by atoms with van der Waals surface area (Å²) >= 11 is 0. The Labute approximate surface area is 207 Å². The summed E-state index contributed by atoms with van der Waals surface area (Å²) in [6.45, 7) is 35.6. The number of allylic oxidation sites excluding steroid dienone is 8. The summed E-state index contributed by atoms with van der Waals surface area (Å²) in [5.41, 5.74) is 15.0. The van der Waals surface area contributed by atoms with Gasteiger partial charge in [-0.3, -0.25) is 0 Å². The van der Waals surface area contributed by atoms with Crippen LogP contribution in [0.5, 0.6) is 0 Å². The number of hydrogen-bond acceptors (Lipinski definition) is 0. The van der Waals surface area contributed by atoms with E-state index in [2.05, 4.69) is 96.2 Å². The Bertz CT molecular complexity index is 904. The second-order valence-corrected chi connectivity index (χ2v) is 18.6. The third kappa shape index (κ3) is 3.19. The van der Waals surface area contributed by atoms with Crippen molar-refractivity contribution in [1.29, 1.82) is 0 Å². The van der Waals surface area contributed by atoms with Crippen LogP contribution in [0.1, 0.15) is 83.1 Å². The van der Waals surface area contributed by atoms with Crippen LogP contribution in [0.2, 0.25) is 24.2 Å². The Morgan fingerprint density at radius 2 is 0.636 bits per heavy atom. The van der Waals surface area contributed by atoms with Crippen LogP contribution in [-0.2, 0) is 0 Å². The molecule has 0 aromatic rings. The van der Waals surface area contributed by atoms with Gasteiger partial charge < -0.3 is 0 Å². The van der Waals surface area contributed by atoms with E-state index in [4.69, 9.17) is 0 Å². The third-order valence-corrected chi connectivity index (χ3v) is 17.9. The lowest BCUT2D eigenvalue weighted by Gasteiger charge is -2.48. The monoisotopic (exact) mass is 464 g/mol. The molecule has 2 saturated carbocycles. The molecular formula is C32H52Si. The smallest absolute Gasteiger partial charge is 0.0553 e. The molecule has 2 fully saturated rings. The summed E-state index contributed by atoms with van der Waals surface area (Å²) < 4.78 is 0. The minimum absolute atomic E-state index is 0.763. The van der Waals surface area contributed by atoms with Crippen molar-refractivity contribution in [3.63, 3.8) is 0 Å². The van der Waals surface area contributed by atoms with Gasteiger partial charge in [-0.2, -0.15) is 0 Å². The van der Waals surface area contributed by atoms with Crippen molar-refractivity contribution in [2.45, 2.75) is 107 Å². The second-order valence-electron chi connectivity index (χ2n) is 13.6. The third-order valence-electron chi connectivity index (χ3n) is 12.7. The number of hydrogen-bond donors (Lipinski definition) is 0. The van der Waals surface area contributed by atoms with Crippen LogP contribution >= 0.6 is 0 Å². The molecule has 0 nitrogen and oxygen atoms in total. The van der Waals surface area contributed by atoms with E-state index in [1.165, 1.54) is 0 Å². The molecular weight excluding hydrogens is 412 g/mol. The van der Waals surface area contributed by atoms with Crippen LogP contribution < -0.4 is 0 Å². The standard InChI is InChI=1S/C32H52Si/c1-15-17(3)21(7)29-27(19(15)5)23(9)25(11)31(29)33(13,14)32-26(12)24(10)28-20(6)16(2)18(4)22(8)30(28)32/h23-32H,1-14H3. The zero-order chi connectivity index (χ0) is 24.9. The van der Waals surface area contributed by atoms with E-state index in [9.17, 15) is 0 Å². The molecule has 0 spiro atoms. The van der Waals surface area contributed by atoms with Gasteiger partial charge in [-0.15, -0.1) is 0 Å². The van der Waals surface area contributed by atoms with Crippen molar-refractivity contribution in [1.82, 2.24) is 0 Å². The van der Waals surface area contributed by atoms with Gasteiger partial charge in [-0.25, -0.2) is 0 Å². The molecule has 1 heteroatoms. The van der Waals surface area contributed by atoms with Crippen LogP contribution in [0.25, 0.3) is 0 Å². The lowest BCUT2D eigenvalue weighted by atomic mass is 9.72. The molecule has 10 atom stereocenters. The molecule has 0 bridgehead atoms. The normalized spacial score (nSPS) is 44.2. The predicted molar refractivity (Wildman–Crippen MR) is 149 cm³/mol. The summed E-state index contributed by atoms with van der Waals surface area (Å²) in [7, 11) is -1.62.